The smallest absolute Gasteiger partial charge is 0.374 e. The van der Waals surface area contributed by atoms with E-state index in [4.69, 9.17) is 9.15 Å². The highest BCUT2D eigenvalue weighted by Gasteiger charge is 2.20. The van der Waals surface area contributed by atoms with Crippen LogP contribution in [0.15, 0.2) is 28.7 Å². The second-order valence-corrected chi connectivity index (χ2v) is 4.58. The van der Waals surface area contributed by atoms with Crippen molar-refractivity contribution in [3.8, 4) is 0 Å². The first-order valence-corrected chi connectivity index (χ1v) is 5.09. The first-order valence-electron chi connectivity index (χ1n) is 5.09. The summed E-state index contributed by atoms with van der Waals surface area (Å²) in [5, 5.41) is 0.850. The molecule has 1 radical (unpaired) electrons. The number of ether oxygens (including phenoxy) is 1. The van der Waals surface area contributed by atoms with Crippen LogP contribution in [0, 0.1) is 6.07 Å². The topological polar surface area (TPSA) is 39.4 Å². The van der Waals surface area contributed by atoms with Crippen LogP contribution < -0.4 is 0 Å². The van der Waals surface area contributed by atoms with Crippen LogP contribution in [0.2, 0.25) is 0 Å². The zero-order valence-corrected chi connectivity index (χ0v) is 9.53. The molecule has 0 aliphatic rings. The molecule has 0 unspecified atom stereocenters. The van der Waals surface area contributed by atoms with Gasteiger partial charge in [0.25, 0.3) is 0 Å². The van der Waals surface area contributed by atoms with Crippen LogP contribution in [0.25, 0.3) is 11.0 Å². The molecule has 0 amide bonds. The summed E-state index contributed by atoms with van der Waals surface area (Å²) < 4.78 is 10.6. The molecule has 0 aliphatic carbocycles. The Hall–Kier alpha value is -1.77. The number of rotatable bonds is 1. The van der Waals surface area contributed by atoms with Gasteiger partial charge in [-0.25, -0.2) is 4.79 Å². The molecule has 1 heterocycles. The fourth-order valence-electron chi connectivity index (χ4n) is 1.35. The molecule has 0 fully saturated rings. The SMILES string of the molecule is CC(C)(C)OC(=O)c1cc2c[c]ccc2o1. The lowest BCUT2D eigenvalue weighted by Crippen LogP contribution is -2.23. The quantitative estimate of drug-likeness (QED) is 0.688. The van der Waals surface area contributed by atoms with E-state index in [9.17, 15) is 4.79 Å². The Balaban J connectivity index is 2.30. The van der Waals surface area contributed by atoms with Gasteiger partial charge in [-0.1, -0.05) is 6.07 Å². The van der Waals surface area contributed by atoms with Crippen LogP contribution in [-0.4, -0.2) is 11.6 Å². The summed E-state index contributed by atoms with van der Waals surface area (Å²) in [7, 11) is 0. The largest absolute Gasteiger partial charge is 0.454 e. The van der Waals surface area contributed by atoms with Crippen molar-refractivity contribution in [2.75, 3.05) is 0 Å². The normalized spacial score (nSPS) is 11.7. The van der Waals surface area contributed by atoms with E-state index in [1.165, 1.54) is 0 Å². The second kappa shape index (κ2) is 3.67. The molecule has 1 aromatic carbocycles. The molecular weight excluding hydrogens is 204 g/mol. The van der Waals surface area contributed by atoms with Crippen LogP contribution >= 0.6 is 0 Å². The van der Waals surface area contributed by atoms with Crippen molar-refractivity contribution >= 4 is 16.9 Å². The maximum absolute atomic E-state index is 11.7. The first kappa shape index (κ1) is 10.7. The molecule has 83 valence electrons. The summed E-state index contributed by atoms with van der Waals surface area (Å²) in [6.07, 6.45) is 0. The Morgan fingerprint density at radius 2 is 2.19 bits per heavy atom. The van der Waals surface area contributed by atoms with Crippen molar-refractivity contribution in [1.82, 2.24) is 0 Å². The Bertz CT molecular complexity index is 484. The van der Waals surface area contributed by atoms with Crippen LogP contribution in [0.1, 0.15) is 31.3 Å². The average Bonchev–Trinajstić information content (AvgIpc) is 2.58. The number of hydrogen-bond donors (Lipinski definition) is 0. The minimum absolute atomic E-state index is 0.226. The summed E-state index contributed by atoms with van der Waals surface area (Å²) in [4.78, 5) is 11.7. The monoisotopic (exact) mass is 217 g/mol. The lowest BCUT2D eigenvalue weighted by molar-refractivity contribution is 0.00382. The minimum atomic E-state index is -0.512. The average molecular weight is 217 g/mol. The van der Waals surface area contributed by atoms with E-state index < -0.39 is 11.6 Å². The summed E-state index contributed by atoms with van der Waals surface area (Å²) in [6.45, 7) is 5.46. The third kappa shape index (κ3) is 2.24. The third-order valence-electron chi connectivity index (χ3n) is 1.96. The van der Waals surface area contributed by atoms with E-state index in [1.807, 2.05) is 20.8 Å². The van der Waals surface area contributed by atoms with Crippen molar-refractivity contribution in [2.24, 2.45) is 0 Å². The van der Waals surface area contributed by atoms with E-state index >= 15 is 0 Å². The van der Waals surface area contributed by atoms with Crippen LogP contribution in [0.4, 0.5) is 0 Å². The molecule has 0 N–H and O–H groups in total. The van der Waals surface area contributed by atoms with Gasteiger partial charge in [0.05, 0.1) is 0 Å². The molecule has 3 nitrogen and oxygen atoms in total. The van der Waals surface area contributed by atoms with Gasteiger partial charge in [-0.3, -0.25) is 0 Å². The van der Waals surface area contributed by atoms with Gasteiger partial charge in [0.2, 0.25) is 5.76 Å². The molecule has 0 bridgehead atoms. The molecule has 0 aliphatic heterocycles. The van der Waals surface area contributed by atoms with Gasteiger partial charge in [-0.15, -0.1) is 0 Å². The van der Waals surface area contributed by atoms with Gasteiger partial charge in [0.1, 0.15) is 11.2 Å². The number of fused-ring (bicyclic) bond motifs is 1. The number of furan rings is 1. The van der Waals surface area contributed by atoms with Gasteiger partial charge in [0.15, 0.2) is 0 Å². The van der Waals surface area contributed by atoms with Crippen molar-refractivity contribution in [3.05, 3.63) is 36.1 Å². The van der Waals surface area contributed by atoms with E-state index in [1.54, 1.807) is 24.3 Å². The molecule has 3 heteroatoms. The molecule has 0 saturated heterocycles. The fourth-order valence-corrected chi connectivity index (χ4v) is 1.35. The molecule has 0 saturated carbocycles. The summed E-state index contributed by atoms with van der Waals surface area (Å²) in [6, 6.07) is 9.87. The molecule has 0 spiro atoms. The maximum Gasteiger partial charge on any atom is 0.374 e. The van der Waals surface area contributed by atoms with Crippen LogP contribution in [-0.2, 0) is 4.74 Å². The molecule has 16 heavy (non-hydrogen) atoms. The first-order chi connectivity index (χ1) is 7.46. The van der Waals surface area contributed by atoms with E-state index in [0.717, 1.165) is 5.39 Å². The predicted molar refractivity (Wildman–Crippen MR) is 60.2 cm³/mol. The van der Waals surface area contributed by atoms with Crippen molar-refractivity contribution in [3.63, 3.8) is 0 Å². The number of esters is 1. The second-order valence-electron chi connectivity index (χ2n) is 4.58. The summed E-state index contributed by atoms with van der Waals surface area (Å²) in [5.41, 5.74) is 0.155. The standard InChI is InChI=1S/C13H13O3/c1-13(2,3)16-12(14)11-8-9-6-4-5-7-10(9)15-11/h5-8H,1-3H3. The summed E-state index contributed by atoms with van der Waals surface area (Å²) in [5.74, 6) is -0.215. The Morgan fingerprint density at radius 1 is 1.44 bits per heavy atom. The number of carbonyl (C=O) groups is 1. The zero-order chi connectivity index (χ0) is 11.8. The van der Waals surface area contributed by atoms with Gasteiger partial charge >= 0.3 is 5.97 Å². The van der Waals surface area contributed by atoms with Crippen LogP contribution in [0.3, 0.4) is 0 Å². The Labute approximate surface area is 94.0 Å². The van der Waals surface area contributed by atoms with E-state index in [0.29, 0.717) is 5.58 Å². The van der Waals surface area contributed by atoms with Crippen LogP contribution in [0.5, 0.6) is 0 Å². The van der Waals surface area contributed by atoms with Gasteiger partial charge in [-0.2, -0.15) is 0 Å². The van der Waals surface area contributed by atoms with Gasteiger partial charge in [-0.05, 0) is 45.0 Å². The van der Waals surface area contributed by atoms with Crippen molar-refractivity contribution < 1.29 is 13.9 Å². The molecule has 2 rings (SSSR count). The number of benzene rings is 1. The Morgan fingerprint density at radius 3 is 2.81 bits per heavy atom. The molecule has 1 aromatic heterocycles. The predicted octanol–water partition coefficient (Wildman–Crippen LogP) is 3.19. The molecule has 2 aromatic rings. The third-order valence-corrected chi connectivity index (χ3v) is 1.96. The lowest BCUT2D eigenvalue weighted by Gasteiger charge is -2.18. The van der Waals surface area contributed by atoms with Crippen molar-refractivity contribution in [1.29, 1.82) is 0 Å². The molecule has 0 atom stereocenters. The maximum atomic E-state index is 11.7. The summed E-state index contributed by atoms with van der Waals surface area (Å²) >= 11 is 0. The number of carbonyl (C=O) groups excluding carboxylic acids is 1. The highest BCUT2D eigenvalue weighted by molar-refractivity contribution is 5.92. The van der Waals surface area contributed by atoms with E-state index in [-0.39, 0.29) is 5.76 Å². The Kier molecular flexibility index (Phi) is 2.46. The lowest BCUT2D eigenvalue weighted by atomic mass is 10.2. The minimum Gasteiger partial charge on any atom is -0.454 e. The zero-order valence-electron chi connectivity index (χ0n) is 9.53. The van der Waals surface area contributed by atoms with Crippen molar-refractivity contribution in [2.45, 2.75) is 26.4 Å². The molecular formula is C13H13O3. The fraction of sp³-hybridized carbons (Fsp3) is 0.308. The highest BCUT2D eigenvalue weighted by Crippen LogP contribution is 2.20. The van der Waals surface area contributed by atoms with E-state index in [2.05, 4.69) is 6.07 Å². The number of hydrogen-bond acceptors (Lipinski definition) is 3. The van der Waals surface area contributed by atoms with Gasteiger partial charge < -0.3 is 9.15 Å². The van der Waals surface area contributed by atoms with Gasteiger partial charge in [0, 0.05) is 5.39 Å². The highest BCUT2D eigenvalue weighted by atomic mass is 16.6.